The van der Waals surface area contributed by atoms with E-state index in [1.165, 1.54) is 6.07 Å². The van der Waals surface area contributed by atoms with E-state index in [0.717, 1.165) is 12.1 Å². The molecule has 3 aromatic carbocycles. The summed E-state index contributed by atoms with van der Waals surface area (Å²) in [4.78, 5) is 2.96. The maximum atomic E-state index is 13.6. The molecule has 0 aliphatic carbocycles. The molecule has 0 amide bonds. The lowest BCUT2D eigenvalue weighted by Gasteiger charge is -2.21. The van der Waals surface area contributed by atoms with Crippen molar-refractivity contribution in [1.29, 1.82) is 0 Å². The van der Waals surface area contributed by atoms with Crippen molar-refractivity contribution in [3.63, 3.8) is 0 Å². The number of H-pyrrole nitrogens is 1. The standard InChI is InChI=1S/C24H17F6N/c25-23(26,27)14-19(15-7-3-1-4-8-15)21-18-12-11-17(24(28,29)30)13-20(18)31-22(21)16-9-5-2-6-10-16/h1-13,19,31H,14H2/t19-/m0/s1. The predicted molar refractivity (Wildman–Crippen MR) is 108 cm³/mol. The van der Waals surface area contributed by atoms with Crippen LogP contribution in [-0.2, 0) is 6.18 Å². The van der Waals surface area contributed by atoms with Crippen molar-refractivity contribution in [2.75, 3.05) is 0 Å². The highest BCUT2D eigenvalue weighted by atomic mass is 19.4. The molecule has 0 bridgehead atoms. The zero-order chi connectivity index (χ0) is 22.2. The Balaban J connectivity index is 2.01. The van der Waals surface area contributed by atoms with Gasteiger partial charge in [-0.2, -0.15) is 26.3 Å². The molecule has 1 nitrogen and oxygen atoms in total. The first kappa shape index (κ1) is 21.0. The largest absolute Gasteiger partial charge is 0.416 e. The molecule has 0 radical (unpaired) electrons. The maximum Gasteiger partial charge on any atom is 0.416 e. The monoisotopic (exact) mass is 433 g/mol. The predicted octanol–water partition coefficient (Wildman–Crippen LogP) is 7.94. The molecule has 0 unspecified atom stereocenters. The Hall–Kier alpha value is -3.22. The van der Waals surface area contributed by atoms with Gasteiger partial charge in [0.05, 0.1) is 17.7 Å². The van der Waals surface area contributed by atoms with E-state index in [1.807, 2.05) is 0 Å². The van der Waals surface area contributed by atoms with Gasteiger partial charge < -0.3 is 4.98 Å². The van der Waals surface area contributed by atoms with Crippen LogP contribution in [0.4, 0.5) is 26.3 Å². The van der Waals surface area contributed by atoms with Crippen LogP contribution in [-0.4, -0.2) is 11.2 Å². The van der Waals surface area contributed by atoms with E-state index >= 15 is 0 Å². The highest BCUT2D eigenvalue weighted by molar-refractivity contribution is 5.92. The Labute approximate surface area is 174 Å². The van der Waals surface area contributed by atoms with Crippen LogP contribution in [0, 0.1) is 0 Å². The molecule has 0 aliphatic rings. The van der Waals surface area contributed by atoms with Gasteiger partial charge in [0.2, 0.25) is 0 Å². The van der Waals surface area contributed by atoms with Crippen LogP contribution in [0.2, 0.25) is 0 Å². The lowest BCUT2D eigenvalue weighted by atomic mass is 9.85. The lowest BCUT2D eigenvalue weighted by molar-refractivity contribution is -0.138. The van der Waals surface area contributed by atoms with E-state index < -0.39 is 30.3 Å². The van der Waals surface area contributed by atoms with Crippen molar-refractivity contribution in [3.8, 4) is 11.3 Å². The van der Waals surface area contributed by atoms with E-state index in [2.05, 4.69) is 4.98 Å². The van der Waals surface area contributed by atoms with Crippen LogP contribution in [0.15, 0.2) is 78.9 Å². The number of aromatic amines is 1. The van der Waals surface area contributed by atoms with Gasteiger partial charge in [0, 0.05) is 16.8 Å². The third-order valence-electron chi connectivity index (χ3n) is 5.21. The van der Waals surface area contributed by atoms with Gasteiger partial charge >= 0.3 is 12.4 Å². The SMILES string of the molecule is FC(F)(F)C[C@@H](c1ccccc1)c1c(-c2ccccc2)[nH]c2cc(C(F)(F)F)ccc12. The summed E-state index contributed by atoms with van der Waals surface area (Å²) in [5, 5.41) is 0.338. The molecule has 4 aromatic rings. The van der Waals surface area contributed by atoms with Crippen LogP contribution in [0.3, 0.4) is 0 Å². The molecule has 1 atom stereocenters. The number of fused-ring (bicyclic) bond motifs is 1. The molecular formula is C24H17F6N. The van der Waals surface area contributed by atoms with E-state index in [-0.39, 0.29) is 5.52 Å². The second kappa shape index (κ2) is 7.80. The number of rotatable bonds is 4. The Morgan fingerprint density at radius 3 is 1.94 bits per heavy atom. The van der Waals surface area contributed by atoms with Crippen molar-refractivity contribution in [2.45, 2.75) is 24.7 Å². The number of halogens is 6. The lowest BCUT2D eigenvalue weighted by Crippen LogP contribution is -2.15. The fourth-order valence-electron chi connectivity index (χ4n) is 3.89. The second-order valence-electron chi connectivity index (χ2n) is 7.32. The van der Waals surface area contributed by atoms with Gasteiger partial charge in [-0.05, 0) is 28.8 Å². The van der Waals surface area contributed by atoms with Gasteiger partial charge in [0.15, 0.2) is 0 Å². The van der Waals surface area contributed by atoms with Crippen LogP contribution < -0.4 is 0 Å². The molecule has 0 aliphatic heterocycles. The molecule has 0 saturated heterocycles. The fraction of sp³-hybridized carbons (Fsp3) is 0.167. The molecule has 160 valence electrons. The molecule has 0 fully saturated rings. The molecule has 1 heterocycles. The zero-order valence-electron chi connectivity index (χ0n) is 16.1. The number of aromatic nitrogens is 1. The van der Waals surface area contributed by atoms with Gasteiger partial charge in [0.1, 0.15) is 0 Å². The van der Waals surface area contributed by atoms with Crippen LogP contribution >= 0.6 is 0 Å². The number of nitrogens with one attached hydrogen (secondary N) is 1. The van der Waals surface area contributed by atoms with Crippen molar-refractivity contribution < 1.29 is 26.3 Å². The first-order valence-electron chi connectivity index (χ1n) is 9.53. The molecule has 1 N–H and O–H groups in total. The quantitative estimate of drug-likeness (QED) is 0.315. The van der Waals surface area contributed by atoms with E-state index in [9.17, 15) is 26.3 Å². The van der Waals surface area contributed by atoms with Gasteiger partial charge in [0.25, 0.3) is 0 Å². The summed E-state index contributed by atoms with van der Waals surface area (Å²) in [6, 6.07) is 20.0. The Morgan fingerprint density at radius 1 is 0.742 bits per heavy atom. The number of alkyl halides is 6. The summed E-state index contributed by atoms with van der Waals surface area (Å²) < 4.78 is 80.4. The van der Waals surface area contributed by atoms with Gasteiger partial charge in [-0.3, -0.25) is 0 Å². The minimum absolute atomic E-state index is 0.145. The van der Waals surface area contributed by atoms with E-state index in [4.69, 9.17) is 0 Å². The number of hydrogen-bond donors (Lipinski definition) is 1. The average Bonchev–Trinajstić information content (AvgIpc) is 3.11. The molecule has 7 heteroatoms. The van der Waals surface area contributed by atoms with Gasteiger partial charge in [-0.1, -0.05) is 66.7 Å². The van der Waals surface area contributed by atoms with E-state index in [0.29, 0.717) is 27.8 Å². The molecular weight excluding hydrogens is 416 g/mol. The highest BCUT2D eigenvalue weighted by Gasteiger charge is 2.37. The van der Waals surface area contributed by atoms with Gasteiger partial charge in [-0.25, -0.2) is 0 Å². The minimum atomic E-state index is -4.56. The first-order chi connectivity index (χ1) is 14.6. The number of benzene rings is 3. The third kappa shape index (κ3) is 4.45. The molecule has 4 rings (SSSR count). The van der Waals surface area contributed by atoms with E-state index in [1.54, 1.807) is 60.7 Å². The fourth-order valence-corrected chi connectivity index (χ4v) is 3.89. The smallest absolute Gasteiger partial charge is 0.354 e. The molecule has 31 heavy (non-hydrogen) atoms. The molecule has 0 saturated carbocycles. The zero-order valence-corrected chi connectivity index (χ0v) is 16.1. The van der Waals surface area contributed by atoms with Crippen molar-refractivity contribution >= 4 is 10.9 Å². The van der Waals surface area contributed by atoms with Crippen molar-refractivity contribution in [3.05, 3.63) is 95.6 Å². The Morgan fingerprint density at radius 2 is 1.35 bits per heavy atom. The Bertz CT molecular complexity index is 1170. The van der Waals surface area contributed by atoms with Crippen molar-refractivity contribution in [1.82, 2.24) is 4.98 Å². The van der Waals surface area contributed by atoms with Crippen LogP contribution in [0.1, 0.15) is 29.0 Å². The summed E-state index contributed by atoms with van der Waals surface area (Å²) in [5.41, 5.74) is 1.04. The average molecular weight is 433 g/mol. The maximum absolute atomic E-state index is 13.6. The number of hydrogen-bond acceptors (Lipinski definition) is 0. The summed E-state index contributed by atoms with van der Waals surface area (Å²) in [7, 11) is 0. The minimum Gasteiger partial charge on any atom is -0.354 e. The summed E-state index contributed by atoms with van der Waals surface area (Å²) in [5.74, 6) is -1.08. The van der Waals surface area contributed by atoms with Crippen LogP contribution in [0.5, 0.6) is 0 Å². The highest BCUT2D eigenvalue weighted by Crippen LogP contribution is 2.44. The summed E-state index contributed by atoms with van der Waals surface area (Å²) >= 11 is 0. The topological polar surface area (TPSA) is 15.8 Å². The van der Waals surface area contributed by atoms with Crippen molar-refractivity contribution in [2.24, 2.45) is 0 Å². The van der Waals surface area contributed by atoms with Crippen LogP contribution in [0.25, 0.3) is 22.2 Å². The molecule has 1 aromatic heterocycles. The molecule has 0 spiro atoms. The summed E-state index contributed by atoms with van der Waals surface area (Å²) in [6.07, 6.45) is -10.2. The second-order valence-corrected chi connectivity index (χ2v) is 7.32. The Kier molecular flexibility index (Phi) is 5.29. The third-order valence-corrected chi connectivity index (χ3v) is 5.21. The van der Waals surface area contributed by atoms with Gasteiger partial charge in [-0.15, -0.1) is 0 Å². The summed E-state index contributed by atoms with van der Waals surface area (Å²) in [6.45, 7) is 0. The normalized spacial score (nSPS) is 13.5. The first-order valence-corrected chi connectivity index (χ1v) is 9.53.